The van der Waals surface area contributed by atoms with Crippen LogP contribution in [0.1, 0.15) is 19.4 Å². The Kier molecular flexibility index (Phi) is 4.22. The molecule has 0 amide bonds. The summed E-state index contributed by atoms with van der Waals surface area (Å²) >= 11 is 0. The number of likely N-dealkylation sites (N-methyl/N-ethyl adjacent to an activating group) is 1. The summed E-state index contributed by atoms with van der Waals surface area (Å²) in [5.41, 5.74) is -0.897. The molecule has 0 aliphatic carbocycles. The van der Waals surface area contributed by atoms with E-state index in [9.17, 15) is 18.1 Å². The number of piperazine rings is 1. The van der Waals surface area contributed by atoms with Crippen molar-refractivity contribution in [1.29, 1.82) is 0 Å². The third-order valence-electron chi connectivity index (χ3n) is 4.00. The first-order valence-corrected chi connectivity index (χ1v) is 6.75. The number of rotatable bonds is 2. The molecule has 21 heavy (non-hydrogen) atoms. The number of anilines is 1. The lowest BCUT2D eigenvalue weighted by Crippen LogP contribution is -2.55. The molecule has 1 fully saturated rings. The van der Waals surface area contributed by atoms with Crippen molar-refractivity contribution in [2.45, 2.75) is 32.1 Å². The van der Waals surface area contributed by atoms with Gasteiger partial charge in [0.05, 0.1) is 5.56 Å². The molecule has 0 N–H and O–H groups in total. The van der Waals surface area contributed by atoms with Crippen molar-refractivity contribution in [1.82, 2.24) is 4.90 Å². The Hall–Kier alpha value is -1.63. The van der Waals surface area contributed by atoms with Crippen LogP contribution in [0.25, 0.3) is 0 Å². The lowest BCUT2D eigenvalue weighted by molar-refractivity contribution is -0.137. The minimum absolute atomic E-state index is 0.0395. The Bertz CT molecular complexity index is 533. The predicted octanol–water partition coefficient (Wildman–Crippen LogP) is 3.63. The molecular weight excluding hydrogens is 283 g/mol. The van der Waals surface area contributed by atoms with E-state index in [2.05, 4.69) is 10.1 Å². The lowest BCUT2D eigenvalue weighted by atomic mass is 10.0. The van der Waals surface area contributed by atoms with E-state index in [4.69, 9.17) is 0 Å². The first-order valence-electron chi connectivity index (χ1n) is 6.75. The quantitative estimate of drug-likeness (QED) is 0.783. The maximum absolute atomic E-state index is 13.2. The summed E-state index contributed by atoms with van der Waals surface area (Å²) in [6.07, 6.45) is -4.51. The topological polar surface area (TPSA) is 35.9 Å². The van der Waals surface area contributed by atoms with Crippen LogP contribution in [-0.4, -0.2) is 37.1 Å². The monoisotopic (exact) mass is 301 g/mol. The maximum Gasteiger partial charge on any atom is 0.418 e. The zero-order valence-corrected chi connectivity index (χ0v) is 12.2. The molecule has 0 unspecified atom stereocenters. The molecule has 7 heteroatoms. The van der Waals surface area contributed by atoms with E-state index in [-0.39, 0.29) is 23.5 Å². The number of alkyl halides is 3. The molecule has 0 aromatic heterocycles. The highest BCUT2D eigenvalue weighted by molar-refractivity contribution is 5.61. The average molecular weight is 301 g/mol. The fraction of sp³-hybridized carbons (Fsp3) is 0.571. The van der Waals surface area contributed by atoms with E-state index < -0.39 is 11.7 Å². The van der Waals surface area contributed by atoms with Crippen LogP contribution >= 0.6 is 0 Å². The number of hydrogen-bond donors (Lipinski definition) is 0. The van der Waals surface area contributed by atoms with Gasteiger partial charge in [0.2, 0.25) is 0 Å². The van der Waals surface area contributed by atoms with Crippen LogP contribution in [0.3, 0.4) is 0 Å². The third-order valence-corrected chi connectivity index (χ3v) is 4.00. The standard InChI is InChI=1S/C14H18F3N3O/c1-9-8-20(10(2)7-19(9)3)13-5-4-11(18-21)6-12(13)14(15,16)17/h4-6,9-10H,7-8H2,1-3H3/t9-,10+/m0/s1. The highest BCUT2D eigenvalue weighted by atomic mass is 19.4. The normalized spacial score (nSPS) is 24.2. The van der Waals surface area contributed by atoms with Gasteiger partial charge in [-0.2, -0.15) is 13.2 Å². The summed E-state index contributed by atoms with van der Waals surface area (Å²) in [6, 6.07) is 3.60. The Morgan fingerprint density at radius 1 is 1.19 bits per heavy atom. The predicted molar refractivity (Wildman–Crippen MR) is 75.8 cm³/mol. The fourth-order valence-electron chi connectivity index (χ4n) is 2.69. The molecule has 1 saturated heterocycles. The van der Waals surface area contributed by atoms with Crippen molar-refractivity contribution in [2.24, 2.45) is 5.18 Å². The molecule has 1 heterocycles. The molecule has 2 rings (SSSR count). The Balaban J connectivity index is 2.45. The van der Waals surface area contributed by atoms with Gasteiger partial charge in [-0.05, 0) is 44.3 Å². The van der Waals surface area contributed by atoms with Gasteiger partial charge in [-0.1, -0.05) is 0 Å². The summed E-state index contributed by atoms with van der Waals surface area (Å²) < 4.78 is 39.7. The summed E-state index contributed by atoms with van der Waals surface area (Å²) in [7, 11) is 1.96. The molecule has 116 valence electrons. The first kappa shape index (κ1) is 15.8. The minimum atomic E-state index is -4.51. The first-order chi connectivity index (χ1) is 9.74. The van der Waals surface area contributed by atoms with E-state index in [1.165, 1.54) is 12.1 Å². The number of nitroso groups, excluding NO2 is 1. The Morgan fingerprint density at radius 3 is 2.43 bits per heavy atom. The van der Waals surface area contributed by atoms with Gasteiger partial charge in [0.15, 0.2) is 0 Å². The van der Waals surface area contributed by atoms with Gasteiger partial charge >= 0.3 is 6.18 Å². The second-order valence-electron chi connectivity index (χ2n) is 5.58. The molecular formula is C14H18F3N3O. The molecule has 1 aliphatic rings. The smallest absolute Gasteiger partial charge is 0.365 e. The fourth-order valence-corrected chi connectivity index (χ4v) is 2.69. The second kappa shape index (κ2) is 5.63. The van der Waals surface area contributed by atoms with Crippen LogP contribution in [-0.2, 0) is 6.18 Å². The van der Waals surface area contributed by atoms with E-state index in [1.807, 2.05) is 20.9 Å². The van der Waals surface area contributed by atoms with E-state index >= 15 is 0 Å². The number of benzene rings is 1. The van der Waals surface area contributed by atoms with Crippen molar-refractivity contribution in [3.8, 4) is 0 Å². The maximum atomic E-state index is 13.2. The highest BCUT2D eigenvalue weighted by Crippen LogP contribution is 2.40. The van der Waals surface area contributed by atoms with Crippen molar-refractivity contribution < 1.29 is 13.2 Å². The van der Waals surface area contributed by atoms with Crippen LogP contribution in [0.4, 0.5) is 24.5 Å². The van der Waals surface area contributed by atoms with Crippen LogP contribution in [0.2, 0.25) is 0 Å². The zero-order chi connectivity index (χ0) is 15.8. The molecule has 1 aromatic carbocycles. The van der Waals surface area contributed by atoms with Gasteiger partial charge in [0, 0.05) is 30.9 Å². The molecule has 0 saturated carbocycles. The molecule has 2 atom stereocenters. The molecule has 1 aromatic rings. The summed E-state index contributed by atoms with van der Waals surface area (Å²) in [5.74, 6) is 0. The number of hydrogen-bond acceptors (Lipinski definition) is 4. The second-order valence-corrected chi connectivity index (χ2v) is 5.58. The van der Waals surface area contributed by atoms with Crippen molar-refractivity contribution in [3.05, 3.63) is 28.7 Å². The highest BCUT2D eigenvalue weighted by Gasteiger charge is 2.37. The summed E-state index contributed by atoms with van der Waals surface area (Å²) in [5, 5.41) is 2.60. The molecule has 1 aliphatic heterocycles. The van der Waals surface area contributed by atoms with Gasteiger partial charge in [-0.3, -0.25) is 4.90 Å². The van der Waals surface area contributed by atoms with Crippen molar-refractivity contribution >= 4 is 11.4 Å². The van der Waals surface area contributed by atoms with E-state index in [0.717, 1.165) is 6.07 Å². The minimum Gasteiger partial charge on any atom is -0.365 e. The van der Waals surface area contributed by atoms with Gasteiger partial charge in [-0.25, -0.2) is 0 Å². The van der Waals surface area contributed by atoms with Crippen LogP contribution in [0, 0.1) is 4.91 Å². The van der Waals surface area contributed by atoms with Gasteiger partial charge < -0.3 is 4.90 Å². The third kappa shape index (κ3) is 3.18. The van der Waals surface area contributed by atoms with Gasteiger partial charge in [0.25, 0.3) is 0 Å². The molecule has 0 radical (unpaired) electrons. The summed E-state index contributed by atoms with van der Waals surface area (Å²) in [6.45, 7) is 5.07. The number of halogens is 3. The van der Waals surface area contributed by atoms with Crippen molar-refractivity contribution in [2.75, 3.05) is 25.0 Å². The molecule has 4 nitrogen and oxygen atoms in total. The SMILES string of the molecule is C[C@@H]1CN(C)[C@@H](C)CN1c1ccc(N=O)cc1C(F)(F)F. The van der Waals surface area contributed by atoms with Gasteiger partial charge in [0.1, 0.15) is 5.69 Å². The zero-order valence-electron chi connectivity index (χ0n) is 12.2. The van der Waals surface area contributed by atoms with E-state index in [1.54, 1.807) is 4.90 Å². The summed E-state index contributed by atoms with van der Waals surface area (Å²) in [4.78, 5) is 14.4. The largest absolute Gasteiger partial charge is 0.418 e. The number of nitrogens with zero attached hydrogens (tertiary/aromatic N) is 3. The lowest BCUT2D eigenvalue weighted by Gasteiger charge is -2.44. The Labute approximate surface area is 121 Å². The van der Waals surface area contributed by atoms with E-state index in [0.29, 0.717) is 13.1 Å². The molecule has 0 spiro atoms. The Morgan fingerprint density at radius 2 is 1.86 bits per heavy atom. The van der Waals surface area contributed by atoms with Gasteiger partial charge in [-0.15, -0.1) is 4.91 Å². The molecule has 0 bridgehead atoms. The van der Waals surface area contributed by atoms with Crippen LogP contribution < -0.4 is 4.90 Å². The van der Waals surface area contributed by atoms with Crippen molar-refractivity contribution in [3.63, 3.8) is 0 Å². The average Bonchev–Trinajstić information content (AvgIpc) is 2.41. The van der Waals surface area contributed by atoms with Crippen LogP contribution in [0.5, 0.6) is 0 Å². The van der Waals surface area contributed by atoms with Crippen LogP contribution in [0.15, 0.2) is 23.4 Å².